The minimum Gasteiger partial charge on any atom is -0.390 e. The maximum absolute atomic E-state index is 15.6. The molecule has 0 aliphatic heterocycles. The van der Waals surface area contributed by atoms with Gasteiger partial charge in [-0.2, -0.15) is 5.10 Å². The molecule has 5 nitrogen and oxygen atoms in total. The van der Waals surface area contributed by atoms with Crippen LogP contribution in [0.5, 0.6) is 0 Å². The first-order valence-corrected chi connectivity index (χ1v) is 12.0. The molecule has 4 aliphatic rings. The van der Waals surface area contributed by atoms with E-state index in [0.717, 1.165) is 44.9 Å². The summed E-state index contributed by atoms with van der Waals surface area (Å²) < 4.78 is 17.1. The molecule has 0 spiro atoms. The number of hydrogen-bond donors (Lipinski definition) is 1. The summed E-state index contributed by atoms with van der Waals surface area (Å²) in [5.74, 6) is 1.87. The number of Topliss-reactive ketones (excluding diaryl/α,β-unsaturated/α-hetero) is 1. The summed E-state index contributed by atoms with van der Waals surface area (Å²) in [7, 11) is 0. The van der Waals surface area contributed by atoms with Crippen molar-refractivity contribution < 1.29 is 14.3 Å². The fraction of sp³-hybridized carbons (Fsp3) is 0.800. The average Bonchev–Trinajstić information content (AvgIpc) is 3.28. The van der Waals surface area contributed by atoms with Crippen LogP contribution in [-0.4, -0.2) is 32.4 Å². The largest absolute Gasteiger partial charge is 0.390 e. The number of halogens is 1. The van der Waals surface area contributed by atoms with Gasteiger partial charge in [-0.05, 0) is 93.3 Å². The molecule has 0 amide bonds. The van der Waals surface area contributed by atoms with Gasteiger partial charge in [0, 0.05) is 12.1 Å². The van der Waals surface area contributed by atoms with Crippen LogP contribution < -0.4 is 0 Å². The smallest absolute Gasteiger partial charge is 0.224 e. The molecular weight excluding hydrogens is 393 g/mol. The minimum atomic E-state index is -0.911. The number of nitrogens with zero attached hydrogens (tertiary/aromatic N) is 3. The van der Waals surface area contributed by atoms with Crippen LogP contribution in [0.15, 0.2) is 12.4 Å². The molecule has 1 heterocycles. The Morgan fingerprint density at radius 3 is 2.77 bits per heavy atom. The van der Waals surface area contributed by atoms with E-state index in [1.807, 2.05) is 6.92 Å². The van der Waals surface area contributed by atoms with Crippen LogP contribution in [-0.2, 0) is 11.3 Å². The quantitative estimate of drug-likeness (QED) is 0.693. The zero-order valence-electron chi connectivity index (χ0n) is 18.6. The highest BCUT2D eigenvalue weighted by atomic mass is 19.1. The SMILES string of the molecule is [C-]#[N+]c1cnn(CC(=O)[C@H]2CC(F)[C@H]3[C@@H]4CC[C@@H]5C[C@](C)(O)CC[C@@H]5[C@H]4CC[C@]23C)c1. The van der Waals surface area contributed by atoms with E-state index in [4.69, 9.17) is 6.57 Å². The number of fused-ring (bicyclic) bond motifs is 5. The molecule has 168 valence electrons. The van der Waals surface area contributed by atoms with Crippen molar-refractivity contribution >= 4 is 11.5 Å². The number of alkyl halides is 1. The third-order valence-corrected chi connectivity index (χ3v) is 9.64. The van der Waals surface area contributed by atoms with Crippen LogP contribution in [0.1, 0.15) is 65.2 Å². The van der Waals surface area contributed by atoms with E-state index in [1.165, 1.54) is 10.9 Å². The normalized spacial score (nSPS) is 46.5. The fourth-order valence-electron chi connectivity index (χ4n) is 8.35. The summed E-state index contributed by atoms with van der Waals surface area (Å²) >= 11 is 0. The number of rotatable bonds is 3. The second-order valence-corrected chi connectivity index (χ2v) is 11.4. The molecule has 1 N–H and O–H groups in total. The highest BCUT2D eigenvalue weighted by Crippen LogP contribution is 2.65. The van der Waals surface area contributed by atoms with E-state index in [-0.39, 0.29) is 29.6 Å². The maximum atomic E-state index is 15.6. The van der Waals surface area contributed by atoms with Gasteiger partial charge in [-0.3, -0.25) is 9.48 Å². The van der Waals surface area contributed by atoms with Gasteiger partial charge in [0.1, 0.15) is 6.17 Å². The van der Waals surface area contributed by atoms with E-state index >= 15 is 4.39 Å². The van der Waals surface area contributed by atoms with Gasteiger partial charge < -0.3 is 5.11 Å². The maximum Gasteiger partial charge on any atom is 0.224 e. The fourth-order valence-corrected chi connectivity index (χ4v) is 8.35. The zero-order chi connectivity index (χ0) is 22.0. The molecule has 0 radical (unpaired) electrons. The number of aliphatic hydroxyl groups is 1. The van der Waals surface area contributed by atoms with E-state index in [2.05, 4.69) is 16.9 Å². The van der Waals surface area contributed by atoms with Crippen molar-refractivity contribution in [1.29, 1.82) is 0 Å². The first-order valence-electron chi connectivity index (χ1n) is 12.0. The molecular formula is C25H34FN3O2. The Kier molecular flexibility index (Phi) is 5.04. The Balaban J connectivity index is 1.34. The van der Waals surface area contributed by atoms with E-state index < -0.39 is 11.8 Å². The molecule has 1 aromatic rings. The first-order chi connectivity index (χ1) is 14.7. The molecule has 0 bridgehead atoms. The van der Waals surface area contributed by atoms with Gasteiger partial charge in [0.25, 0.3) is 0 Å². The summed E-state index contributed by atoms with van der Waals surface area (Å²) in [5.41, 5.74) is -0.388. The monoisotopic (exact) mass is 427 g/mol. The van der Waals surface area contributed by atoms with E-state index in [1.54, 1.807) is 6.20 Å². The molecule has 4 aliphatic carbocycles. The van der Waals surface area contributed by atoms with Crippen molar-refractivity contribution in [1.82, 2.24) is 9.78 Å². The summed E-state index contributed by atoms with van der Waals surface area (Å²) in [5, 5.41) is 14.7. The standard InChI is InChI=1S/C25H34FN3O2/c1-24(31)8-6-17-15(11-24)4-5-19-18(17)7-9-25(2)20(10-21(26)23(19)25)22(30)14-29-13-16(27-3)12-28-29/h12-13,15,17-21,23,31H,4-11,14H2,1-2H3/t15-,17+,18-,19-,20-,21?,23-,24-,25-/m1/s1. The third kappa shape index (κ3) is 3.44. The van der Waals surface area contributed by atoms with Crippen molar-refractivity contribution in [2.45, 2.75) is 83.5 Å². The van der Waals surface area contributed by atoms with Crippen LogP contribution in [0.2, 0.25) is 0 Å². The molecule has 1 aromatic heterocycles. The molecule has 5 rings (SSSR count). The lowest BCUT2D eigenvalue weighted by Crippen LogP contribution is -2.52. The second-order valence-electron chi connectivity index (χ2n) is 11.4. The van der Waals surface area contributed by atoms with Crippen LogP contribution >= 0.6 is 0 Å². The van der Waals surface area contributed by atoms with Gasteiger partial charge >= 0.3 is 0 Å². The summed E-state index contributed by atoms with van der Waals surface area (Å²) in [6.45, 7) is 11.3. The Labute approximate surface area is 184 Å². The van der Waals surface area contributed by atoms with Gasteiger partial charge in [-0.15, -0.1) is 0 Å². The molecule has 31 heavy (non-hydrogen) atoms. The molecule has 1 unspecified atom stereocenters. The molecule has 4 saturated carbocycles. The van der Waals surface area contributed by atoms with Crippen LogP contribution in [0.4, 0.5) is 10.1 Å². The highest BCUT2D eigenvalue weighted by Gasteiger charge is 2.62. The Morgan fingerprint density at radius 2 is 2.03 bits per heavy atom. The van der Waals surface area contributed by atoms with Gasteiger partial charge in [-0.25, -0.2) is 9.24 Å². The third-order valence-electron chi connectivity index (χ3n) is 9.64. The predicted octanol–water partition coefficient (Wildman–Crippen LogP) is 4.97. The summed E-state index contributed by atoms with van der Waals surface area (Å²) in [4.78, 5) is 16.6. The Morgan fingerprint density at radius 1 is 1.26 bits per heavy atom. The minimum absolute atomic E-state index is 0.0278. The van der Waals surface area contributed by atoms with Crippen LogP contribution in [0.25, 0.3) is 4.85 Å². The predicted molar refractivity (Wildman–Crippen MR) is 115 cm³/mol. The lowest BCUT2D eigenvalue weighted by molar-refractivity contribution is -0.134. The Bertz CT molecular complexity index is 905. The van der Waals surface area contributed by atoms with Gasteiger partial charge in [0.05, 0.1) is 24.9 Å². The van der Waals surface area contributed by atoms with Gasteiger partial charge in [0.2, 0.25) is 5.69 Å². The number of ketones is 1. The number of carbonyl (C=O) groups is 1. The number of carbonyl (C=O) groups excluding carboxylic acids is 1. The second kappa shape index (κ2) is 7.40. The molecule has 6 heteroatoms. The van der Waals surface area contributed by atoms with Gasteiger partial charge in [-0.1, -0.05) is 6.92 Å². The van der Waals surface area contributed by atoms with Crippen molar-refractivity contribution in [3.8, 4) is 0 Å². The topological polar surface area (TPSA) is 59.5 Å². The summed E-state index contributed by atoms with van der Waals surface area (Å²) in [6.07, 6.45) is 9.44. The van der Waals surface area contributed by atoms with Crippen molar-refractivity contribution in [3.05, 3.63) is 23.8 Å². The summed E-state index contributed by atoms with van der Waals surface area (Å²) in [6, 6.07) is 0. The van der Waals surface area contributed by atoms with Crippen molar-refractivity contribution in [2.24, 2.45) is 40.9 Å². The zero-order valence-corrected chi connectivity index (χ0v) is 18.6. The van der Waals surface area contributed by atoms with Crippen molar-refractivity contribution in [3.63, 3.8) is 0 Å². The average molecular weight is 428 g/mol. The molecule has 9 atom stereocenters. The lowest BCUT2D eigenvalue weighted by atomic mass is 9.48. The van der Waals surface area contributed by atoms with Gasteiger partial charge in [0.15, 0.2) is 5.78 Å². The van der Waals surface area contributed by atoms with E-state index in [0.29, 0.717) is 35.8 Å². The molecule has 0 saturated heterocycles. The number of aromatic nitrogens is 2. The number of hydrogen-bond acceptors (Lipinski definition) is 3. The lowest BCUT2D eigenvalue weighted by Gasteiger charge is -2.57. The van der Waals surface area contributed by atoms with Crippen LogP contribution in [0, 0.1) is 47.5 Å². The van der Waals surface area contributed by atoms with Crippen LogP contribution in [0.3, 0.4) is 0 Å². The first kappa shape index (κ1) is 21.1. The van der Waals surface area contributed by atoms with Crippen molar-refractivity contribution in [2.75, 3.05) is 0 Å². The van der Waals surface area contributed by atoms with E-state index in [9.17, 15) is 9.90 Å². The molecule has 0 aromatic carbocycles. The highest BCUT2D eigenvalue weighted by molar-refractivity contribution is 5.82. The Hall–Kier alpha value is -1.74. The molecule has 4 fully saturated rings.